The summed E-state index contributed by atoms with van der Waals surface area (Å²) in [5.41, 5.74) is 1.97. The molecule has 0 fully saturated rings. The Morgan fingerprint density at radius 2 is 1.66 bits per heavy atom. The van der Waals surface area contributed by atoms with Crippen LogP contribution >= 0.6 is 0 Å². The first-order chi connectivity index (χ1) is 15.0. The lowest BCUT2D eigenvalue weighted by atomic mass is 10.1. The van der Waals surface area contributed by atoms with E-state index in [1.807, 2.05) is 42.7 Å². The van der Waals surface area contributed by atoms with E-state index in [1.54, 1.807) is 13.0 Å². The van der Waals surface area contributed by atoms with Gasteiger partial charge in [-0.15, -0.1) is 0 Å². The molecule has 3 aromatic rings. The first-order valence-electron chi connectivity index (χ1n) is 9.70. The number of carbonyl (C=O) groups excluding carboxylic acids is 2. The minimum Gasteiger partial charge on any atom is -0.456 e. The van der Waals surface area contributed by atoms with Crippen LogP contribution in [0.2, 0.25) is 0 Å². The summed E-state index contributed by atoms with van der Waals surface area (Å²) in [6.07, 6.45) is -4.12. The Balaban J connectivity index is 1.70. The number of nitrogens with zero attached hydrogens (tertiary/aromatic N) is 2. The smallest absolute Gasteiger partial charge is 0.417 e. The third-order valence-corrected chi connectivity index (χ3v) is 5.00. The molecular formula is C23H21F3N2O4. The fourth-order valence-electron chi connectivity index (χ4n) is 3.37. The number of hydrogen-bond donors (Lipinski definition) is 0. The molecule has 0 radical (unpaired) electrons. The van der Waals surface area contributed by atoms with E-state index in [-0.39, 0.29) is 0 Å². The number of benzene rings is 1. The second-order valence-corrected chi connectivity index (χ2v) is 7.42. The van der Waals surface area contributed by atoms with Crippen LogP contribution in [0.3, 0.4) is 0 Å². The number of pyridine rings is 1. The Bertz CT molecular complexity index is 1220. The molecule has 168 valence electrons. The number of carbonyl (C=O) groups is 2. The number of aryl methyl sites for hydroxylation is 2. The van der Waals surface area contributed by atoms with Gasteiger partial charge < -0.3 is 13.9 Å². The van der Waals surface area contributed by atoms with Crippen molar-refractivity contribution in [3.05, 3.63) is 87.1 Å². The van der Waals surface area contributed by atoms with Gasteiger partial charge >= 0.3 is 12.1 Å². The lowest BCUT2D eigenvalue weighted by Gasteiger charge is -2.11. The first kappa shape index (κ1) is 23.1. The van der Waals surface area contributed by atoms with Gasteiger partial charge in [-0.25, -0.2) is 0 Å². The maximum atomic E-state index is 12.8. The molecule has 0 aliphatic heterocycles. The van der Waals surface area contributed by atoms with Crippen molar-refractivity contribution >= 4 is 11.8 Å². The molecule has 9 heteroatoms. The molecule has 0 aliphatic carbocycles. The van der Waals surface area contributed by atoms with Crippen molar-refractivity contribution in [3.63, 3.8) is 0 Å². The van der Waals surface area contributed by atoms with E-state index in [4.69, 9.17) is 4.74 Å². The third-order valence-electron chi connectivity index (χ3n) is 5.00. The van der Waals surface area contributed by atoms with Crippen LogP contribution in [0.25, 0.3) is 5.69 Å². The summed E-state index contributed by atoms with van der Waals surface area (Å²) in [6.45, 7) is 4.25. The molecule has 2 aromatic heterocycles. The van der Waals surface area contributed by atoms with Crippen LogP contribution in [0.1, 0.15) is 32.9 Å². The van der Waals surface area contributed by atoms with Gasteiger partial charge in [0.25, 0.3) is 5.56 Å². The lowest BCUT2D eigenvalue weighted by Crippen LogP contribution is -2.27. The average Bonchev–Trinajstić information content (AvgIpc) is 3.02. The highest BCUT2D eigenvalue weighted by molar-refractivity contribution is 5.99. The second kappa shape index (κ2) is 8.86. The maximum absolute atomic E-state index is 12.8. The first-order valence-corrected chi connectivity index (χ1v) is 9.70. The lowest BCUT2D eigenvalue weighted by molar-refractivity contribution is -0.144. The molecule has 0 aliphatic rings. The van der Waals surface area contributed by atoms with E-state index in [9.17, 15) is 27.6 Å². The summed E-state index contributed by atoms with van der Waals surface area (Å²) in [4.78, 5) is 36.4. The molecule has 32 heavy (non-hydrogen) atoms. The summed E-state index contributed by atoms with van der Waals surface area (Å²) in [5, 5.41) is 0. The van der Waals surface area contributed by atoms with E-state index in [0.29, 0.717) is 28.1 Å². The number of hydrogen-bond acceptors (Lipinski definition) is 4. The van der Waals surface area contributed by atoms with Crippen molar-refractivity contribution in [1.29, 1.82) is 0 Å². The Hall–Kier alpha value is -3.62. The van der Waals surface area contributed by atoms with Crippen LogP contribution in [0.15, 0.2) is 53.5 Å². The Labute approximate surface area is 181 Å². The topological polar surface area (TPSA) is 70.3 Å². The zero-order valence-corrected chi connectivity index (χ0v) is 17.7. The van der Waals surface area contributed by atoms with Crippen LogP contribution in [-0.2, 0) is 22.3 Å². The summed E-state index contributed by atoms with van der Waals surface area (Å²) >= 11 is 0. The SMILES string of the molecule is Cc1ccc(-n2c(C)cc(C(=O)COC(=O)Cn3cc(C(F)(F)F)ccc3=O)c2C)cc1. The highest BCUT2D eigenvalue weighted by Gasteiger charge is 2.31. The standard InChI is InChI=1S/C23H21F3N2O4/c1-14-4-7-18(8-5-14)28-15(2)10-19(16(28)3)20(29)13-32-22(31)12-27-11-17(23(24,25)26)6-9-21(27)30/h4-11H,12-13H2,1-3H3. The Morgan fingerprint density at radius 3 is 2.28 bits per heavy atom. The number of rotatable bonds is 6. The van der Waals surface area contributed by atoms with Crippen LogP contribution in [0.5, 0.6) is 0 Å². The number of ketones is 1. The maximum Gasteiger partial charge on any atom is 0.417 e. The predicted molar refractivity (Wildman–Crippen MR) is 111 cm³/mol. The zero-order chi connectivity index (χ0) is 23.6. The molecule has 0 saturated heterocycles. The van der Waals surface area contributed by atoms with Crippen LogP contribution < -0.4 is 5.56 Å². The molecule has 2 heterocycles. The van der Waals surface area contributed by atoms with E-state index in [0.717, 1.165) is 23.0 Å². The molecular weight excluding hydrogens is 425 g/mol. The van der Waals surface area contributed by atoms with Gasteiger partial charge in [0.05, 0.1) is 5.56 Å². The van der Waals surface area contributed by atoms with E-state index < -0.39 is 42.2 Å². The zero-order valence-electron chi connectivity index (χ0n) is 17.7. The molecule has 6 nitrogen and oxygen atoms in total. The van der Waals surface area contributed by atoms with E-state index in [2.05, 4.69) is 0 Å². The molecule has 0 spiro atoms. The van der Waals surface area contributed by atoms with Gasteiger partial charge in [0.2, 0.25) is 5.78 Å². The van der Waals surface area contributed by atoms with Gasteiger partial charge in [0.1, 0.15) is 6.54 Å². The third kappa shape index (κ3) is 4.99. The molecule has 0 unspecified atom stereocenters. The van der Waals surface area contributed by atoms with E-state index in [1.165, 1.54) is 0 Å². The minimum atomic E-state index is -4.66. The van der Waals surface area contributed by atoms with Crippen molar-refractivity contribution in [1.82, 2.24) is 9.13 Å². The molecule has 0 atom stereocenters. The Morgan fingerprint density at radius 1 is 1.00 bits per heavy atom. The van der Waals surface area contributed by atoms with Crippen LogP contribution in [0.4, 0.5) is 13.2 Å². The fourth-order valence-corrected chi connectivity index (χ4v) is 3.37. The summed E-state index contributed by atoms with van der Waals surface area (Å²) in [5.74, 6) is -1.45. The number of Topliss-reactive ketones (excluding diaryl/α,β-unsaturated/α-hetero) is 1. The fraction of sp³-hybridized carbons (Fsp3) is 0.261. The number of aromatic nitrogens is 2. The molecule has 0 N–H and O–H groups in total. The monoisotopic (exact) mass is 446 g/mol. The van der Waals surface area contributed by atoms with Gasteiger partial charge in [0.15, 0.2) is 6.61 Å². The molecule has 0 saturated carbocycles. The van der Waals surface area contributed by atoms with Crippen molar-refractivity contribution in [3.8, 4) is 5.69 Å². The highest BCUT2D eigenvalue weighted by Crippen LogP contribution is 2.28. The highest BCUT2D eigenvalue weighted by atomic mass is 19.4. The number of alkyl halides is 3. The van der Waals surface area contributed by atoms with Crippen molar-refractivity contribution < 1.29 is 27.5 Å². The van der Waals surface area contributed by atoms with Gasteiger partial charge in [-0.2, -0.15) is 13.2 Å². The quantitative estimate of drug-likeness (QED) is 0.424. The average molecular weight is 446 g/mol. The van der Waals surface area contributed by atoms with Gasteiger partial charge in [-0.3, -0.25) is 14.4 Å². The normalized spacial score (nSPS) is 11.4. The molecule has 0 bridgehead atoms. The van der Waals surface area contributed by atoms with Crippen molar-refractivity contribution in [2.45, 2.75) is 33.5 Å². The summed E-state index contributed by atoms with van der Waals surface area (Å²) in [6, 6.07) is 10.8. The van der Waals surface area contributed by atoms with Gasteiger partial charge in [-0.05, 0) is 45.0 Å². The van der Waals surface area contributed by atoms with Gasteiger partial charge in [0, 0.05) is 34.9 Å². The minimum absolute atomic E-state index is 0.368. The predicted octanol–water partition coefficient (Wildman–Crippen LogP) is 4.01. The van der Waals surface area contributed by atoms with E-state index >= 15 is 0 Å². The van der Waals surface area contributed by atoms with Crippen molar-refractivity contribution in [2.75, 3.05) is 6.61 Å². The second-order valence-electron chi connectivity index (χ2n) is 7.42. The van der Waals surface area contributed by atoms with Crippen LogP contribution in [-0.4, -0.2) is 27.5 Å². The van der Waals surface area contributed by atoms with Gasteiger partial charge in [-0.1, -0.05) is 17.7 Å². The largest absolute Gasteiger partial charge is 0.456 e. The summed E-state index contributed by atoms with van der Waals surface area (Å²) < 4.78 is 45.9. The molecule has 0 amide bonds. The number of halogens is 3. The van der Waals surface area contributed by atoms with Crippen LogP contribution in [0, 0.1) is 20.8 Å². The molecule has 3 rings (SSSR count). The number of esters is 1. The molecule has 1 aromatic carbocycles. The van der Waals surface area contributed by atoms with Crippen molar-refractivity contribution in [2.24, 2.45) is 0 Å². The Kier molecular flexibility index (Phi) is 6.38. The summed E-state index contributed by atoms with van der Waals surface area (Å²) in [7, 11) is 0. The number of ether oxygens (including phenoxy) is 1.